The first-order valence-electron chi connectivity index (χ1n) is 6.16. The predicted molar refractivity (Wildman–Crippen MR) is 68.8 cm³/mol. The summed E-state index contributed by atoms with van der Waals surface area (Å²) < 4.78 is 24.5. The molecular weight excluding hydrogens is 233 g/mol. The van der Waals surface area contributed by atoms with Crippen molar-refractivity contribution in [3.05, 3.63) is 23.5 Å². The topological polar surface area (TPSA) is 30.5 Å². The summed E-state index contributed by atoms with van der Waals surface area (Å²) in [6.07, 6.45) is 0.716. The van der Waals surface area contributed by atoms with Gasteiger partial charge in [-0.3, -0.25) is 0 Å². The maximum atomic E-state index is 13.7. The molecule has 1 aliphatic rings. The molecule has 1 heterocycles. The van der Waals surface area contributed by atoms with Crippen LogP contribution in [0.15, 0.2) is 12.1 Å². The lowest BCUT2D eigenvalue weighted by Gasteiger charge is -2.32. The molecule has 0 amide bonds. The van der Waals surface area contributed by atoms with Crippen molar-refractivity contribution in [2.75, 3.05) is 13.7 Å². The molecule has 0 radical (unpaired) electrons. The van der Waals surface area contributed by atoms with E-state index < -0.39 is 0 Å². The average Bonchev–Trinajstić information content (AvgIpc) is 2.27. The van der Waals surface area contributed by atoms with Crippen molar-refractivity contribution >= 4 is 0 Å². The lowest BCUT2D eigenvalue weighted by atomic mass is 9.98. The van der Waals surface area contributed by atoms with E-state index in [0.29, 0.717) is 24.5 Å². The van der Waals surface area contributed by atoms with E-state index in [1.165, 1.54) is 6.07 Å². The first kappa shape index (κ1) is 13.1. The molecule has 1 N–H and O–H groups in total. The van der Waals surface area contributed by atoms with Crippen LogP contribution in [-0.2, 0) is 6.42 Å². The van der Waals surface area contributed by atoms with Gasteiger partial charge in [-0.2, -0.15) is 0 Å². The minimum absolute atomic E-state index is 0.00604. The molecule has 0 spiro atoms. The number of rotatable bonds is 2. The van der Waals surface area contributed by atoms with Crippen molar-refractivity contribution in [1.82, 2.24) is 5.32 Å². The van der Waals surface area contributed by atoms with Crippen LogP contribution >= 0.6 is 0 Å². The SMILES string of the molecule is COc1ccc(F)c2c1CC(NC(C)(C)C)CO2. The highest BCUT2D eigenvalue weighted by atomic mass is 19.1. The van der Waals surface area contributed by atoms with Gasteiger partial charge in [-0.15, -0.1) is 0 Å². The molecule has 3 nitrogen and oxygen atoms in total. The van der Waals surface area contributed by atoms with Gasteiger partial charge in [-0.05, 0) is 39.3 Å². The van der Waals surface area contributed by atoms with Crippen molar-refractivity contribution in [1.29, 1.82) is 0 Å². The number of halogens is 1. The zero-order valence-corrected chi connectivity index (χ0v) is 11.3. The van der Waals surface area contributed by atoms with Crippen LogP contribution in [-0.4, -0.2) is 25.3 Å². The Hall–Kier alpha value is -1.29. The number of benzene rings is 1. The van der Waals surface area contributed by atoms with Gasteiger partial charge in [0.2, 0.25) is 0 Å². The van der Waals surface area contributed by atoms with Crippen LogP contribution in [0.25, 0.3) is 0 Å². The highest BCUT2D eigenvalue weighted by Crippen LogP contribution is 2.35. The minimum Gasteiger partial charge on any atom is -0.496 e. The van der Waals surface area contributed by atoms with Crippen LogP contribution in [0.5, 0.6) is 11.5 Å². The lowest BCUT2D eigenvalue weighted by Crippen LogP contribution is -2.49. The molecule has 0 aliphatic carbocycles. The van der Waals surface area contributed by atoms with E-state index in [-0.39, 0.29) is 17.4 Å². The van der Waals surface area contributed by atoms with Gasteiger partial charge >= 0.3 is 0 Å². The maximum absolute atomic E-state index is 13.7. The smallest absolute Gasteiger partial charge is 0.165 e. The Morgan fingerprint density at radius 2 is 2.11 bits per heavy atom. The van der Waals surface area contributed by atoms with Crippen molar-refractivity contribution in [3.8, 4) is 11.5 Å². The molecule has 18 heavy (non-hydrogen) atoms. The summed E-state index contributed by atoms with van der Waals surface area (Å²) in [5, 5.41) is 3.47. The minimum atomic E-state index is -0.319. The third-order valence-corrected chi connectivity index (χ3v) is 2.91. The number of fused-ring (bicyclic) bond motifs is 1. The molecule has 1 aliphatic heterocycles. The number of methoxy groups -OCH3 is 1. The fourth-order valence-electron chi connectivity index (χ4n) is 2.32. The van der Waals surface area contributed by atoms with Gasteiger partial charge < -0.3 is 14.8 Å². The molecule has 1 atom stereocenters. The van der Waals surface area contributed by atoms with Crippen molar-refractivity contribution < 1.29 is 13.9 Å². The average molecular weight is 253 g/mol. The van der Waals surface area contributed by atoms with E-state index in [1.54, 1.807) is 13.2 Å². The van der Waals surface area contributed by atoms with Crippen molar-refractivity contribution in [3.63, 3.8) is 0 Å². The number of hydrogen-bond acceptors (Lipinski definition) is 3. The first-order valence-corrected chi connectivity index (χ1v) is 6.16. The van der Waals surface area contributed by atoms with Crippen molar-refractivity contribution in [2.45, 2.75) is 38.8 Å². The van der Waals surface area contributed by atoms with Gasteiger partial charge in [0.25, 0.3) is 0 Å². The first-order chi connectivity index (χ1) is 8.40. The number of nitrogens with one attached hydrogen (secondary N) is 1. The van der Waals surface area contributed by atoms with Gasteiger partial charge in [0, 0.05) is 17.1 Å². The van der Waals surface area contributed by atoms with Crippen LogP contribution < -0.4 is 14.8 Å². The molecule has 1 aromatic rings. The maximum Gasteiger partial charge on any atom is 0.165 e. The summed E-state index contributed by atoms with van der Waals surface area (Å²) in [6, 6.07) is 3.21. The number of ether oxygens (including phenoxy) is 2. The van der Waals surface area contributed by atoms with Gasteiger partial charge in [0.05, 0.1) is 7.11 Å². The van der Waals surface area contributed by atoms with E-state index in [9.17, 15) is 4.39 Å². The Morgan fingerprint density at radius 1 is 1.39 bits per heavy atom. The molecule has 0 bridgehead atoms. The molecular formula is C14H20FNO2. The summed E-state index contributed by atoms with van der Waals surface area (Å²) in [5.74, 6) is 0.702. The monoisotopic (exact) mass is 253 g/mol. The largest absolute Gasteiger partial charge is 0.496 e. The van der Waals surface area contributed by atoms with E-state index in [0.717, 1.165) is 5.56 Å². The highest BCUT2D eigenvalue weighted by molar-refractivity contribution is 5.47. The fourth-order valence-corrected chi connectivity index (χ4v) is 2.32. The van der Waals surface area contributed by atoms with Crippen LogP contribution in [0.2, 0.25) is 0 Å². The van der Waals surface area contributed by atoms with Crippen molar-refractivity contribution in [2.24, 2.45) is 0 Å². The van der Waals surface area contributed by atoms with Gasteiger partial charge in [-0.1, -0.05) is 0 Å². The van der Waals surface area contributed by atoms with Crippen LogP contribution in [0, 0.1) is 5.82 Å². The zero-order chi connectivity index (χ0) is 13.3. The summed E-state index contributed by atoms with van der Waals surface area (Å²) >= 11 is 0. The second-order valence-corrected chi connectivity index (χ2v) is 5.66. The van der Waals surface area contributed by atoms with Crippen LogP contribution in [0.3, 0.4) is 0 Å². The summed E-state index contributed by atoms with van der Waals surface area (Å²) in [7, 11) is 1.59. The van der Waals surface area contributed by atoms with E-state index in [1.807, 2.05) is 0 Å². The molecule has 0 fully saturated rings. The molecule has 100 valence electrons. The Kier molecular flexibility index (Phi) is 3.48. The van der Waals surface area contributed by atoms with Gasteiger partial charge in [0.1, 0.15) is 12.4 Å². The molecule has 0 saturated carbocycles. The molecule has 4 heteroatoms. The van der Waals surface area contributed by atoms with E-state index >= 15 is 0 Å². The summed E-state index contributed by atoms with van der Waals surface area (Å²) in [5.41, 5.74) is 0.817. The Balaban J connectivity index is 2.25. The standard InChI is InChI=1S/C14H20FNO2/c1-14(2,3)16-9-7-10-12(17-4)6-5-11(15)13(10)18-8-9/h5-6,9,16H,7-8H2,1-4H3. The fraction of sp³-hybridized carbons (Fsp3) is 0.571. The third kappa shape index (κ3) is 2.75. The van der Waals surface area contributed by atoms with Gasteiger partial charge in [-0.25, -0.2) is 4.39 Å². The predicted octanol–water partition coefficient (Wildman–Crippen LogP) is 2.53. The third-order valence-electron chi connectivity index (χ3n) is 2.91. The van der Waals surface area contributed by atoms with Gasteiger partial charge in [0.15, 0.2) is 11.6 Å². The summed E-state index contributed by atoms with van der Waals surface area (Å²) in [6.45, 7) is 6.79. The highest BCUT2D eigenvalue weighted by Gasteiger charge is 2.27. The molecule has 1 aromatic carbocycles. The second kappa shape index (κ2) is 4.76. The molecule has 0 saturated heterocycles. The molecule has 1 unspecified atom stereocenters. The van der Waals surface area contributed by atoms with Crippen LogP contribution in [0.4, 0.5) is 4.39 Å². The summed E-state index contributed by atoms with van der Waals surface area (Å²) in [4.78, 5) is 0. The second-order valence-electron chi connectivity index (χ2n) is 5.66. The quantitative estimate of drug-likeness (QED) is 0.878. The Labute approximate surface area is 107 Å². The van der Waals surface area contributed by atoms with Crippen LogP contribution in [0.1, 0.15) is 26.3 Å². The van der Waals surface area contributed by atoms with E-state index in [2.05, 4.69) is 26.1 Å². The number of hydrogen-bond donors (Lipinski definition) is 1. The normalized spacial score (nSPS) is 19.1. The zero-order valence-electron chi connectivity index (χ0n) is 11.3. The Bertz CT molecular complexity index is 440. The molecule has 2 rings (SSSR count). The lowest BCUT2D eigenvalue weighted by molar-refractivity contribution is 0.201. The van der Waals surface area contributed by atoms with E-state index in [4.69, 9.17) is 9.47 Å². The Morgan fingerprint density at radius 3 is 2.72 bits per heavy atom. The molecule has 0 aromatic heterocycles.